The van der Waals surface area contributed by atoms with Crippen LogP contribution < -0.4 is 0 Å². The maximum Gasteiger partial charge on any atom is 0.0980 e. The number of hydrogen-bond donors (Lipinski definition) is 0. The van der Waals surface area contributed by atoms with E-state index >= 15 is 0 Å². The molecule has 0 amide bonds. The number of halogens is 2. The standard InChI is InChI=1S/C80H100Cl2N2S8/c1-11-19-25-27-33-53(31-23-15-5)38-55-42-65(86-50(55)10)67-45-59-74-75(84-36-35-83-74)60-46-68(91-80(60)79(59)90-67)66-43-56(39-54(32-24-16-6)34-28-26-20-12-2)76(89-66)71-44-58-73(70-48-62(82)64(88-70)41-52(18-8)30-22-14-4)77-57(37-49(9)85-77)72(78(58)92-71)69-47-61(81)63(87-69)40-51(17-7)29-21-13-3/h35-37,42-48,51-54H,11-34,38-41H2,1-10H3. The van der Waals surface area contributed by atoms with Crippen LogP contribution in [0.15, 0.2) is 60.9 Å². The second kappa shape index (κ2) is 33.5. The summed E-state index contributed by atoms with van der Waals surface area (Å²) in [6.45, 7) is 23.4. The van der Waals surface area contributed by atoms with Crippen molar-refractivity contribution in [3.05, 3.63) is 102 Å². The predicted molar refractivity (Wildman–Crippen MR) is 424 cm³/mol. The molecule has 0 fully saturated rings. The van der Waals surface area contributed by atoms with Crippen molar-refractivity contribution < 1.29 is 0 Å². The van der Waals surface area contributed by atoms with E-state index in [2.05, 4.69) is 118 Å². The zero-order valence-electron chi connectivity index (χ0n) is 56.8. The van der Waals surface area contributed by atoms with Crippen LogP contribution in [-0.2, 0) is 25.7 Å². The summed E-state index contributed by atoms with van der Waals surface area (Å²) in [5.41, 5.74) is 7.83. The average molecular weight is 1420 g/mol. The number of aryl methyl sites for hydroxylation is 2. The highest BCUT2D eigenvalue weighted by molar-refractivity contribution is 7.34. The van der Waals surface area contributed by atoms with Crippen LogP contribution >= 0.6 is 114 Å². The molecule has 0 saturated heterocycles. The fourth-order valence-corrected chi connectivity index (χ4v) is 25.1. The third-order valence-corrected chi connectivity index (χ3v) is 30.7. The molecular weight excluding hydrogens is 1320 g/mol. The second-order valence-electron chi connectivity index (χ2n) is 26.9. The summed E-state index contributed by atoms with van der Waals surface area (Å²) >= 11 is 30.8. The predicted octanol–water partition coefficient (Wildman–Crippen LogP) is 31.1. The smallest absolute Gasteiger partial charge is 0.0980 e. The average Bonchev–Trinajstić information content (AvgIpc) is 1.58. The first-order chi connectivity index (χ1) is 44.9. The molecule has 4 atom stereocenters. The van der Waals surface area contributed by atoms with Crippen LogP contribution in [0.2, 0.25) is 10.0 Å². The van der Waals surface area contributed by atoms with Crippen molar-refractivity contribution in [3.8, 4) is 50.1 Å². The van der Waals surface area contributed by atoms with E-state index in [0.29, 0.717) is 17.8 Å². The number of fused-ring (bicyclic) bond motifs is 8. The minimum Gasteiger partial charge on any atom is -0.252 e. The SMILES string of the molecule is CCCCCCC(CCCC)Cc1cc(-c2cc3c4nccnc4c4cc(-c5cc(CC(CCCC)CCCCCC)c(-c6cc7c(-c8cc(Cl)c(CC(CC)CCCC)s8)c8sc(C)cc8c(-c8cc(Cl)c(CC(CC)CCCC)s8)c7s6)s5)sc4c3s2)sc1C. The van der Waals surface area contributed by atoms with Crippen molar-refractivity contribution in [2.45, 2.75) is 249 Å². The Bertz CT molecular complexity index is 4070. The monoisotopic (exact) mass is 1410 g/mol. The van der Waals surface area contributed by atoms with Gasteiger partial charge in [-0.25, -0.2) is 0 Å². The zero-order chi connectivity index (χ0) is 64.4. The van der Waals surface area contributed by atoms with Gasteiger partial charge < -0.3 is 0 Å². The van der Waals surface area contributed by atoms with Gasteiger partial charge in [-0.2, -0.15) is 0 Å². The highest BCUT2D eigenvalue weighted by Crippen LogP contribution is 2.57. The molecule has 0 aliphatic heterocycles. The van der Waals surface area contributed by atoms with Crippen molar-refractivity contribution in [2.75, 3.05) is 0 Å². The molecule has 0 saturated carbocycles. The van der Waals surface area contributed by atoms with Crippen molar-refractivity contribution in [1.29, 1.82) is 0 Å². The van der Waals surface area contributed by atoms with Crippen LogP contribution in [0.3, 0.4) is 0 Å². The number of rotatable bonds is 37. The van der Waals surface area contributed by atoms with E-state index in [1.165, 1.54) is 276 Å². The molecule has 4 unspecified atom stereocenters. The number of nitrogens with zero attached hydrogens (tertiary/aromatic N) is 2. The van der Waals surface area contributed by atoms with Gasteiger partial charge in [0.05, 0.1) is 30.5 Å². The van der Waals surface area contributed by atoms with Crippen molar-refractivity contribution in [3.63, 3.8) is 0 Å². The van der Waals surface area contributed by atoms with Gasteiger partial charge in [0, 0.05) is 113 Å². The van der Waals surface area contributed by atoms with Gasteiger partial charge in [0.15, 0.2) is 0 Å². The molecule has 11 aromatic rings. The Kier molecular flexibility index (Phi) is 25.6. The third kappa shape index (κ3) is 16.1. The number of unbranched alkanes of at least 4 members (excludes halogenated alkanes) is 10. The lowest BCUT2D eigenvalue weighted by Crippen LogP contribution is -2.05. The van der Waals surface area contributed by atoms with Crippen LogP contribution in [0.4, 0.5) is 0 Å². The quantitative estimate of drug-likeness (QED) is 0.0363. The number of hydrogen-bond acceptors (Lipinski definition) is 10. The van der Waals surface area contributed by atoms with Gasteiger partial charge in [-0.05, 0) is 123 Å². The first-order valence-electron chi connectivity index (χ1n) is 35.8. The Hall–Kier alpha value is -3.00. The van der Waals surface area contributed by atoms with Gasteiger partial charge >= 0.3 is 0 Å². The van der Waals surface area contributed by atoms with E-state index < -0.39 is 0 Å². The van der Waals surface area contributed by atoms with Crippen molar-refractivity contribution >= 4 is 165 Å². The summed E-state index contributed by atoms with van der Waals surface area (Å²) < 4.78 is 5.44. The third-order valence-electron chi connectivity index (χ3n) is 19.9. The molecule has 9 aromatic heterocycles. The van der Waals surface area contributed by atoms with Crippen LogP contribution in [0, 0.1) is 37.5 Å². The van der Waals surface area contributed by atoms with Crippen LogP contribution in [-0.4, -0.2) is 9.97 Å². The molecule has 2 aromatic carbocycles. The highest BCUT2D eigenvalue weighted by atomic mass is 35.5. The van der Waals surface area contributed by atoms with E-state index in [1.807, 2.05) is 103 Å². The van der Waals surface area contributed by atoms with Gasteiger partial charge in [-0.1, -0.05) is 233 Å². The normalized spacial score (nSPS) is 13.6. The molecular formula is C80H100Cl2N2S8. The van der Waals surface area contributed by atoms with E-state index in [9.17, 15) is 0 Å². The van der Waals surface area contributed by atoms with Crippen LogP contribution in [0.25, 0.3) is 102 Å². The molecule has 0 spiro atoms. The van der Waals surface area contributed by atoms with E-state index in [-0.39, 0.29) is 0 Å². The van der Waals surface area contributed by atoms with Crippen LogP contribution in [0.1, 0.15) is 240 Å². The van der Waals surface area contributed by atoms with E-state index in [1.54, 1.807) is 5.56 Å². The van der Waals surface area contributed by atoms with Crippen molar-refractivity contribution in [1.82, 2.24) is 9.97 Å². The Morgan fingerprint density at radius 1 is 0.348 bits per heavy atom. The highest BCUT2D eigenvalue weighted by Gasteiger charge is 2.29. The lowest BCUT2D eigenvalue weighted by Gasteiger charge is -2.17. The zero-order valence-corrected chi connectivity index (χ0v) is 64.8. The van der Waals surface area contributed by atoms with E-state index in [4.69, 9.17) is 33.2 Å². The molecule has 0 aliphatic carbocycles. The van der Waals surface area contributed by atoms with Gasteiger partial charge in [0.2, 0.25) is 0 Å². The summed E-state index contributed by atoms with van der Waals surface area (Å²) in [5.74, 6) is 2.67. The minimum atomic E-state index is 0.633. The molecule has 11 rings (SSSR count). The molecule has 9 heterocycles. The number of benzene rings is 2. The molecule has 92 heavy (non-hydrogen) atoms. The Morgan fingerprint density at radius 3 is 1.26 bits per heavy atom. The topological polar surface area (TPSA) is 25.8 Å². The molecule has 2 nitrogen and oxygen atoms in total. The summed E-state index contributed by atoms with van der Waals surface area (Å²) in [4.78, 5) is 26.7. The molecule has 0 N–H and O–H groups in total. The van der Waals surface area contributed by atoms with Gasteiger partial charge in [0.1, 0.15) is 0 Å². The first kappa shape index (κ1) is 70.3. The number of thiophene rings is 8. The molecule has 0 aliphatic rings. The van der Waals surface area contributed by atoms with Gasteiger partial charge in [-0.15, -0.1) is 90.7 Å². The Balaban J connectivity index is 1.07. The maximum absolute atomic E-state index is 7.47. The molecule has 0 bridgehead atoms. The molecule has 12 heteroatoms. The largest absolute Gasteiger partial charge is 0.252 e. The van der Waals surface area contributed by atoms with Crippen LogP contribution in [0.5, 0.6) is 0 Å². The van der Waals surface area contributed by atoms with Gasteiger partial charge in [-0.3, -0.25) is 9.97 Å². The summed E-state index contributed by atoms with van der Waals surface area (Å²) in [7, 11) is 0. The maximum atomic E-state index is 7.47. The van der Waals surface area contributed by atoms with Crippen molar-refractivity contribution in [2.24, 2.45) is 23.7 Å². The second-order valence-corrected chi connectivity index (χ2v) is 36.8. The molecule has 0 radical (unpaired) electrons. The lowest BCUT2D eigenvalue weighted by atomic mass is 9.89. The van der Waals surface area contributed by atoms with E-state index in [0.717, 1.165) is 46.3 Å². The molecule has 492 valence electrons. The Morgan fingerprint density at radius 2 is 0.761 bits per heavy atom. The fourth-order valence-electron chi connectivity index (χ4n) is 14.5. The van der Waals surface area contributed by atoms with Gasteiger partial charge in [0.25, 0.3) is 0 Å². The first-order valence-corrected chi connectivity index (χ1v) is 43.1. The number of aromatic nitrogens is 2. The summed E-state index contributed by atoms with van der Waals surface area (Å²) in [5, 5.41) is 7.04. The summed E-state index contributed by atoms with van der Waals surface area (Å²) in [6, 6.07) is 19.9. The fraction of sp³-hybridized carbons (Fsp3) is 0.525. The summed E-state index contributed by atoms with van der Waals surface area (Å²) in [6.07, 6.45) is 39.0. The Labute approximate surface area is 594 Å². The lowest BCUT2D eigenvalue weighted by molar-refractivity contribution is 0.410. The minimum absolute atomic E-state index is 0.633.